The molecule has 0 unspecified atom stereocenters. The quantitative estimate of drug-likeness (QED) is 0.208. The smallest absolute Gasteiger partial charge is 0.0334 e. The first kappa shape index (κ1) is 49.9. The van der Waals surface area contributed by atoms with Crippen LogP contribution >= 0.6 is 0 Å². The molecule has 0 heteroatoms. The minimum atomic E-state index is 0.583. The molecule has 0 aromatic rings. The summed E-state index contributed by atoms with van der Waals surface area (Å²) in [6.45, 7) is 40.5. The molecule has 0 nitrogen and oxygen atoms in total. The van der Waals surface area contributed by atoms with Gasteiger partial charge in [-0.2, -0.15) is 0 Å². The maximum Gasteiger partial charge on any atom is -0.0334 e. The van der Waals surface area contributed by atoms with Gasteiger partial charge in [0.15, 0.2) is 0 Å². The van der Waals surface area contributed by atoms with E-state index in [0.717, 1.165) is 11.8 Å². The standard InChI is InChI=1S/C8H18.C7H16.2C6H14.2C5H12/c1-5-8(4,6-2)7-3;1-5-7(3,4)6-2;1-4-6(3)5-2;1-3-5-6-4-2;1-4-5(2)3;1-3-5-4-2/h5-7H2,1-4H3;5-6H2,1-4H3;6H,4-5H2,1-3H3;3-6H2,1-2H3;5H,4H2,1-3H3;3-5H2,1-2H3. The Bertz CT molecular complexity index is 297. The van der Waals surface area contributed by atoms with Crippen molar-refractivity contribution in [1.29, 1.82) is 0 Å². The predicted molar refractivity (Wildman–Crippen MR) is 183 cm³/mol. The van der Waals surface area contributed by atoms with Gasteiger partial charge >= 0.3 is 0 Å². The summed E-state index contributed by atoms with van der Waals surface area (Å²) in [5.41, 5.74) is 1.21. The minimum absolute atomic E-state index is 0.583. The number of hydrogen-bond acceptors (Lipinski definition) is 0. The van der Waals surface area contributed by atoms with Crippen LogP contribution in [0, 0.1) is 22.7 Å². The lowest BCUT2D eigenvalue weighted by atomic mass is 9.82. The highest BCUT2D eigenvalue weighted by Crippen LogP contribution is 2.28. The average molecular weight is 531 g/mol. The zero-order chi connectivity index (χ0) is 30.8. The molecule has 0 heterocycles. The molecule has 0 amide bonds. The maximum atomic E-state index is 2.35. The van der Waals surface area contributed by atoms with Crippen LogP contribution in [0.3, 0.4) is 0 Å². The van der Waals surface area contributed by atoms with E-state index in [1.165, 1.54) is 96.3 Å². The summed E-state index contributed by atoms with van der Waals surface area (Å²) < 4.78 is 0. The largest absolute Gasteiger partial charge is 0.0654 e. The average Bonchev–Trinajstić information content (AvgIpc) is 2.93. The Morgan fingerprint density at radius 2 is 0.676 bits per heavy atom. The third-order valence-corrected chi connectivity index (χ3v) is 8.35. The third-order valence-electron chi connectivity index (χ3n) is 8.35. The van der Waals surface area contributed by atoms with E-state index in [0.29, 0.717) is 10.8 Å². The highest BCUT2D eigenvalue weighted by atomic mass is 14.2. The second-order valence-corrected chi connectivity index (χ2v) is 12.5. The van der Waals surface area contributed by atoms with Gasteiger partial charge in [0.25, 0.3) is 0 Å². The molecule has 0 saturated carbocycles. The highest BCUT2D eigenvalue weighted by Gasteiger charge is 2.15. The van der Waals surface area contributed by atoms with Crippen LogP contribution in [0.5, 0.6) is 0 Å². The van der Waals surface area contributed by atoms with Gasteiger partial charge in [-0.25, -0.2) is 0 Å². The van der Waals surface area contributed by atoms with Crippen molar-refractivity contribution in [1.82, 2.24) is 0 Å². The van der Waals surface area contributed by atoms with Gasteiger partial charge in [-0.3, -0.25) is 0 Å². The molecule has 0 atom stereocenters. The summed E-state index contributed by atoms with van der Waals surface area (Å²) in [5.74, 6) is 1.82. The molecule has 0 bridgehead atoms. The van der Waals surface area contributed by atoms with Gasteiger partial charge in [0, 0.05) is 0 Å². The molecule has 0 radical (unpaired) electrons. The van der Waals surface area contributed by atoms with Gasteiger partial charge in [-0.05, 0) is 22.7 Å². The lowest BCUT2D eigenvalue weighted by molar-refractivity contribution is 0.286. The summed E-state index contributed by atoms with van der Waals surface area (Å²) in [6.07, 6.45) is 20.1. The summed E-state index contributed by atoms with van der Waals surface area (Å²) in [4.78, 5) is 0. The highest BCUT2D eigenvalue weighted by molar-refractivity contribution is 4.67. The van der Waals surface area contributed by atoms with E-state index in [2.05, 4.69) is 125 Å². The van der Waals surface area contributed by atoms with Gasteiger partial charge in [0.1, 0.15) is 0 Å². The van der Waals surface area contributed by atoms with Gasteiger partial charge in [-0.1, -0.05) is 221 Å². The van der Waals surface area contributed by atoms with Gasteiger partial charge in [0.05, 0.1) is 0 Å². The Morgan fingerprint density at radius 1 is 0.405 bits per heavy atom. The molecule has 0 spiro atoms. The SMILES string of the molecule is CCC(C)(C)CC.CCC(C)(CC)CC.CCC(C)C.CCC(C)CC.CCCCC.CCCCCC. The van der Waals surface area contributed by atoms with E-state index in [-0.39, 0.29) is 0 Å². The Morgan fingerprint density at radius 3 is 0.703 bits per heavy atom. The number of unbranched alkanes of at least 4 members (excludes halogenated alkanes) is 5. The van der Waals surface area contributed by atoms with E-state index in [4.69, 9.17) is 0 Å². The molecule has 0 aliphatic heterocycles. The molecule has 0 aromatic heterocycles. The van der Waals surface area contributed by atoms with Crippen LogP contribution < -0.4 is 0 Å². The van der Waals surface area contributed by atoms with Crippen molar-refractivity contribution in [2.24, 2.45) is 22.7 Å². The van der Waals surface area contributed by atoms with Crippen molar-refractivity contribution in [2.45, 2.75) is 221 Å². The van der Waals surface area contributed by atoms with Crippen molar-refractivity contribution >= 4 is 0 Å². The summed E-state index contributed by atoms with van der Waals surface area (Å²) in [7, 11) is 0. The van der Waals surface area contributed by atoms with Gasteiger partial charge in [0.2, 0.25) is 0 Å². The van der Waals surface area contributed by atoms with Crippen LogP contribution in [-0.2, 0) is 0 Å². The van der Waals surface area contributed by atoms with Gasteiger partial charge < -0.3 is 0 Å². The second kappa shape index (κ2) is 40.5. The van der Waals surface area contributed by atoms with Crippen molar-refractivity contribution in [3.05, 3.63) is 0 Å². The maximum absolute atomic E-state index is 2.35. The van der Waals surface area contributed by atoms with Gasteiger partial charge in [-0.15, -0.1) is 0 Å². The normalized spacial score (nSPS) is 10.4. The molecular formula is C37H86. The topological polar surface area (TPSA) is 0 Å². The number of hydrogen-bond donors (Lipinski definition) is 0. The summed E-state index contributed by atoms with van der Waals surface area (Å²) >= 11 is 0. The van der Waals surface area contributed by atoms with Crippen LogP contribution in [0.15, 0.2) is 0 Å². The molecule has 0 rings (SSSR count). The lowest BCUT2D eigenvalue weighted by Gasteiger charge is -2.23. The van der Waals surface area contributed by atoms with Crippen LogP contribution in [0.1, 0.15) is 221 Å². The van der Waals surface area contributed by atoms with Crippen LogP contribution in [0.4, 0.5) is 0 Å². The lowest BCUT2D eigenvalue weighted by Crippen LogP contribution is -2.10. The van der Waals surface area contributed by atoms with E-state index >= 15 is 0 Å². The van der Waals surface area contributed by atoms with Crippen molar-refractivity contribution in [3.8, 4) is 0 Å². The Labute approximate surface area is 243 Å². The van der Waals surface area contributed by atoms with E-state index in [9.17, 15) is 0 Å². The van der Waals surface area contributed by atoms with Crippen molar-refractivity contribution < 1.29 is 0 Å². The van der Waals surface area contributed by atoms with E-state index in [1.807, 2.05) is 0 Å². The molecule has 0 fully saturated rings. The zero-order valence-electron chi connectivity index (χ0n) is 30.8. The fourth-order valence-electron chi connectivity index (χ4n) is 2.14. The number of rotatable bonds is 13. The predicted octanol–water partition coefficient (Wildman–Crippen LogP) is 15.3. The summed E-state index contributed by atoms with van der Waals surface area (Å²) in [6, 6.07) is 0. The van der Waals surface area contributed by atoms with E-state index in [1.54, 1.807) is 0 Å². The first-order valence-electron chi connectivity index (χ1n) is 17.2. The van der Waals surface area contributed by atoms with Crippen LogP contribution in [0.2, 0.25) is 0 Å². The molecule has 0 aliphatic rings. The molecule has 0 N–H and O–H groups in total. The molecular weight excluding hydrogens is 444 g/mol. The van der Waals surface area contributed by atoms with Crippen molar-refractivity contribution in [3.63, 3.8) is 0 Å². The zero-order valence-corrected chi connectivity index (χ0v) is 30.8. The molecule has 0 aromatic carbocycles. The second-order valence-electron chi connectivity index (χ2n) is 12.5. The Kier molecular flexibility index (Phi) is 54.6. The molecule has 234 valence electrons. The fraction of sp³-hybridized carbons (Fsp3) is 1.00. The van der Waals surface area contributed by atoms with Crippen LogP contribution in [-0.4, -0.2) is 0 Å². The fourth-order valence-corrected chi connectivity index (χ4v) is 2.14. The molecule has 0 aliphatic carbocycles. The summed E-state index contributed by atoms with van der Waals surface area (Å²) in [5, 5.41) is 0. The third kappa shape index (κ3) is 61.6. The molecule has 37 heavy (non-hydrogen) atoms. The minimum Gasteiger partial charge on any atom is -0.0654 e. The van der Waals surface area contributed by atoms with Crippen molar-refractivity contribution in [2.75, 3.05) is 0 Å². The first-order chi connectivity index (χ1) is 17.2. The van der Waals surface area contributed by atoms with E-state index < -0.39 is 0 Å². The van der Waals surface area contributed by atoms with Crippen LogP contribution in [0.25, 0.3) is 0 Å². The molecule has 0 saturated heterocycles. The Balaban J connectivity index is -0.0000000786. The first-order valence-corrected chi connectivity index (χ1v) is 17.2. The Hall–Kier alpha value is 0. The monoisotopic (exact) mass is 531 g/mol.